The van der Waals surface area contributed by atoms with Crippen LogP contribution < -0.4 is 0 Å². The monoisotopic (exact) mass is 729 g/mol. The van der Waals surface area contributed by atoms with Gasteiger partial charge in [0.25, 0.3) is 0 Å². The Bertz CT molecular complexity index is 3080. The summed E-state index contributed by atoms with van der Waals surface area (Å²) >= 11 is 1.82. The molecule has 12 rings (SSSR count). The van der Waals surface area contributed by atoms with Crippen LogP contribution in [-0.4, -0.2) is 15.0 Å². The van der Waals surface area contributed by atoms with E-state index < -0.39 is 5.41 Å². The fourth-order valence-corrected chi connectivity index (χ4v) is 10.6. The predicted molar refractivity (Wildman–Crippen MR) is 231 cm³/mol. The summed E-state index contributed by atoms with van der Waals surface area (Å²) < 4.78 is 2.46. The second-order valence-electron chi connectivity index (χ2n) is 14.7. The number of thiophene rings is 1. The molecule has 2 heterocycles. The molecule has 0 unspecified atom stereocenters. The van der Waals surface area contributed by atoms with Gasteiger partial charge < -0.3 is 0 Å². The van der Waals surface area contributed by atoms with Crippen LogP contribution in [0.15, 0.2) is 188 Å². The molecule has 2 aliphatic carbocycles. The van der Waals surface area contributed by atoms with Gasteiger partial charge in [0.15, 0.2) is 17.5 Å². The Morgan fingerprint density at radius 3 is 1.39 bits per heavy atom. The third-order valence-electron chi connectivity index (χ3n) is 11.7. The van der Waals surface area contributed by atoms with Crippen molar-refractivity contribution in [2.45, 2.75) is 5.41 Å². The van der Waals surface area contributed by atoms with Crippen LogP contribution >= 0.6 is 11.3 Å². The lowest BCUT2D eigenvalue weighted by Crippen LogP contribution is -2.25. The molecular weight excluding hydrogens is 699 g/mol. The SMILES string of the molecule is c1ccc(-c2nc(-c3ccccc3)nc(-c3cc(-c4ccc5c(c4)C4(c6ccccc6-c6ccccc64)c4ccccc4-5)c4c(c3)sc3ccccc34)n2)cc1. The van der Waals surface area contributed by atoms with Crippen LogP contribution in [0.3, 0.4) is 0 Å². The zero-order valence-electron chi connectivity index (χ0n) is 30.1. The summed E-state index contributed by atoms with van der Waals surface area (Å²) in [6.45, 7) is 0. The lowest BCUT2D eigenvalue weighted by atomic mass is 9.70. The molecule has 0 aliphatic heterocycles. The number of hydrogen-bond acceptors (Lipinski definition) is 4. The molecular formula is C52H31N3S. The summed E-state index contributed by atoms with van der Waals surface area (Å²) in [5.41, 5.74) is 15.4. The van der Waals surface area contributed by atoms with Crippen molar-refractivity contribution in [1.82, 2.24) is 15.0 Å². The number of benzene rings is 8. The normalized spacial score (nSPS) is 13.1. The Balaban J connectivity index is 1.14. The summed E-state index contributed by atoms with van der Waals surface area (Å²) in [5, 5.41) is 2.52. The van der Waals surface area contributed by atoms with E-state index in [1.54, 1.807) is 0 Å². The minimum absolute atomic E-state index is 0.425. The molecule has 8 aromatic carbocycles. The highest BCUT2D eigenvalue weighted by Crippen LogP contribution is 2.63. The third-order valence-corrected chi connectivity index (χ3v) is 12.9. The largest absolute Gasteiger partial charge is 0.208 e. The molecule has 1 spiro atoms. The Morgan fingerprint density at radius 2 is 0.804 bits per heavy atom. The van der Waals surface area contributed by atoms with Crippen molar-refractivity contribution in [3.63, 3.8) is 0 Å². The molecule has 2 aromatic heterocycles. The van der Waals surface area contributed by atoms with Gasteiger partial charge in [-0.25, -0.2) is 15.0 Å². The van der Waals surface area contributed by atoms with Crippen molar-refractivity contribution >= 4 is 31.5 Å². The standard InChI is InChI=1S/C52H31N3S/c1-3-15-32(16-4-1)49-53-50(33-17-5-2-6-18-33)55-51(54-49)35-29-41(48-40-22-10-14-26-46(40)56-47(48)31-35)34-27-28-39-38-21-9-13-25-44(38)52(45(39)30-34)42-23-11-7-19-36(42)37-20-8-12-24-43(37)52/h1-31H. The van der Waals surface area contributed by atoms with Crippen LogP contribution in [0.25, 0.3) is 87.7 Å². The van der Waals surface area contributed by atoms with Gasteiger partial charge in [-0.3, -0.25) is 0 Å². The van der Waals surface area contributed by atoms with Crippen LogP contribution in [0.5, 0.6) is 0 Å². The van der Waals surface area contributed by atoms with Gasteiger partial charge in [-0.2, -0.15) is 0 Å². The smallest absolute Gasteiger partial charge is 0.164 e. The van der Waals surface area contributed by atoms with Crippen molar-refractivity contribution < 1.29 is 0 Å². The molecule has 56 heavy (non-hydrogen) atoms. The first-order valence-electron chi connectivity index (χ1n) is 19.0. The average molecular weight is 730 g/mol. The Labute approximate surface area is 328 Å². The van der Waals surface area contributed by atoms with Gasteiger partial charge in [0.2, 0.25) is 0 Å². The number of fused-ring (bicyclic) bond motifs is 13. The number of hydrogen-bond donors (Lipinski definition) is 0. The van der Waals surface area contributed by atoms with Crippen LogP contribution in [0.1, 0.15) is 22.3 Å². The van der Waals surface area contributed by atoms with Gasteiger partial charge >= 0.3 is 0 Å². The van der Waals surface area contributed by atoms with E-state index in [9.17, 15) is 0 Å². The summed E-state index contributed by atoms with van der Waals surface area (Å²) in [7, 11) is 0. The van der Waals surface area contributed by atoms with Crippen LogP contribution in [0, 0.1) is 0 Å². The third kappa shape index (κ3) is 4.42. The first-order chi connectivity index (χ1) is 27.8. The van der Waals surface area contributed by atoms with Crippen molar-refractivity contribution in [2.24, 2.45) is 0 Å². The molecule has 0 amide bonds. The molecule has 3 nitrogen and oxygen atoms in total. The van der Waals surface area contributed by atoms with E-state index in [0.717, 1.165) is 16.7 Å². The van der Waals surface area contributed by atoms with E-state index >= 15 is 0 Å². The van der Waals surface area contributed by atoms with Crippen LogP contribution in [-0.2, 0) is 5.41 Å². The fourth-order valence-electron chi connectivity index (χ4n) is 9.41. The molecule has 0 N–H and O–H groups in total. The minimum atomic E-state index is -0.425. The Hall–Kier alpha value is -7.01. The topological polar surface area (TPSA) is 38.7 Å². The predicted octanol–water partition coefficient (Wildman–Crippen LogP) is 13.3. The van der Waals surface area contributed by atoms with E-state index in [-0.39, 0.29) is 0 Å². The zero-order valence-corrected chi connectivity index (χ0v) is 31.0. The van der Waals surface area contributed by atoms with Crippen molar-refractivity contribution in [1.29, 1.82) is 0 Å². The molecule has 0 saturated carbocycles. The maximum absolute atomic E-state index is 5.17. The Kier molecular flexibility index (Phi) is 6.72. The molecule has 0 bridgehead atoms. The highest BCUT2D eigenvalue weighted by atomic mass is 32.1. The van der Waals surface area contributed by atoms with Gasteiger partial charge in [-0.1, -0.05) is 164 Å². The van der Waals surface area contributed by atoms with E-state index in [4.69, 9.17) is 15.0 Å². The molecule has 10 aromatic rings. The van der Waals surface area contributed by atoms with Gasteiger partial charge in [-0.15, -0.1) is 11.3 Å². The van der Waals surface area contributed by atoms with E-state index in [1.807, 2.05) is 47.7 Å². The zero-order chi connectivity index (χ0) is 36.8. The maximum atomic E-state index is 5.17. The first kappa shape index (κ1) is 31.4. The summed E-state index contributed by atoms with van der Waals surface area (Å²) in [6.07, 6.45) is 0. The molecule has 2 aliphatic rings. The first-order valence-corrected chi connectivity index (χ1v) is 19.8. The van der Waals surface area contributed by atoms with E-state index in [1.165, 1.54) is 75.8 Å². The summed E-state index contributed by atoms with van der Waals surface area (Å²) in [4.78, 5) is 15.3. The van der Waals surface area contributed by atoms with E-state index in [2.05, 4.69) is 152 Å². The lowest BCUT2D eigenvalue weighted by molar-refractivity contribution is 0.794. The van der Waals surface area contributed by atoms with Crippen LogP contribution in [0.2, 0.25) is 0 Å². The second kappa shape index (κ2) is 12.0. The van der Waals surface area contributed by atoms with Crippen molar-refractivity contribution in [3.05, 3.63) is 210 Å². The maximum Gasteiger partial charge on any atom is 0.164 e. The fraction of sp³-hybridized carbons (Fsp3) is 0.0192. The summed E-state index contributed by atoms with van der Waals surface area (Å²) in [5.74, 6) is 1.97. The minimum Gasteiger partial charge on any atom is -0.208 e. The lowest BCUT2D eigenvalue weighted by Gasteiger charge is -2.30. The van der Waals surface area contributed by atoms with Gasteiger partial charge in [0, 0.05) is 36.9 Å². The Morgan fingerprint density at radius 1 is 0.321 bits per heavy atom. The highest BCUT2D eigenvalue weighted by Gasteiger charge is 2.51. The highest BCUT2D eigenvalue weighted by molar-refractivity contribution is 7.26. The molecule has 0 radical (unpaired) electrons. The average Bonchev–Trinajstić information content (AvgIpc) is 3.90. The van der Waals surface area contributed by atoms with Gasteiger partial charge in [0.05, 0.1) is 5.41 Å². The van der Waals surface area contributed by atoms with E-state index in [0.29, 0.717) is 17.5 Å². The number of nitrogens with zero attached hydrogens (tertiary/aromatic N) is 3. The van der Waals surface area contributed by atoms with Gasteiger partial charge in [-0.05, 0) is 79.9 Å². The van der Waals surface area contributed by atoms with Gasteiger partial charge in [0.1, 0.15) is 0 Å². The summed E-state index contributed by atoms with van der Waals surface area (Å²) in [6, 6.07) is 68.0. The van der Waals surface area contributed by atoms with Crippen LogP contribution in [0.4, 0.5) is 0 Å². The molecule has 0 saturated heterocycles. The quantitative estimate of drug-likeness (QED) is 0.181. The molecule has 0 atom stereocenters. The van der Waals surface area contributed by atoms with Crippen molar-refractivity contribution in [2.75, 3.05) is 0 Å². The molecule has 260 valence electrons. The molecule has 4 heteroatoms. The molecule has 0 fully saturated rings. The number of aromatic nitrogens is 3. The number of rotatable bonds is 4. The van der Waals surface area contributed by atoms with Crippen molar-refractivity contribution in [3.8, 4) is 67.5 Å². The second-order valence-corrected chi connectivity index (χ2v) is 15.8.